The van der Waals surface area contributed by atoms with Gasteiger partial charge >= 0.3 is 6.03 Å². The third-order valence-corrected chi connectivity index (χ3v) is 2.98. The molecule has 2 rings (SSSR count). The van der Waals surface area contributed by atoms with Crippen LogP contribution in [0.25, 0.3) is 5.57 Å². The Morgan fingerprint density at radius 1 is 1.36 bits per heavy atom. The summed E-state index contributed by atoms with van der Waals surface area (Å²) in [6.45, 7) is 0.587. The van der Waals surface area contributed by atoms with Gasteiger partial charge in [0.1, 0.15) is 0 Å². The molecule has 1 aliphatic heterocycles. The summed E-state index contributed by atoms with van der Waals surface area (Å²) in [6.07, 6.45) is 0. The van der Waals surface area contributed by atoms with Crippen molar-refractivity contribution in [1.29, 1.82) is 0 Å². The maximum Gasteiger partial charge on any atom is 0.325 e. The minimum absolute atomic E-state index is 0.391. The molecular formula is C10H10N2OS. The lowest BCUT2D eigenvalue weighted by Crippen LogP contribution is -2.28. The Morgan fingerprint density at radius 2 is 2.07 bits per heavy atom. The third-order valence-electron chi connectivity index (χ3n) is 2.03. The predicted octanol–water partition coefficient (Wildman–Crippen LogP) is 2.07. The number of hydrogen-bond donors (Lipinski definition) is 1. The number of rotatable bonds is 1. The fourth-order valence-corrected chi connectivity index (χ4v) is 2.08. The summed E-state index contributed by atoms with van der Waals surface area (Å²) < 4.78 is 1.53. The molecule has 2 amide bonds. The van der Waals surface area contributed by atoms with Gasteiger partial charge in [0.15, 0.2) is 0 Å². The highest BCUT2D eigenvalue weighted by Crippen LogP contribution is 2.29. The average molecular weight is 206 g/mol. The molecule has 2 N–H and O–H groups in total. The minimum atomic E-state index is -0.391. The quantitative estimate of drug-likeness (QED) is 0.715. The largest absolute Gasteiger partial charge is 0.351 e. The zero-order chi connectivity index (χ0) is 9.97. The molecular weight excluding hydrogens is 196 g/mol. The van der Waals surface area contributed by atoms with E-state index in [4.69, 9.17) is 5.73 Å². The van der Waals surface area contributed by atoms with Crippen molar-refractivity contribution in [2.24, 2.45) is 5.73 Å². The van der Waals surface area contributed by atoms with Crippen molar-refractivity contribution >= 4 is 23.6 Å². The Bertz CT molecular complexity index is 375. The molecule has 0 atom stereocenters. The zero-order valence-corrected chi connectivity index (χ0v) is 8.33. The van der Waals surface area contributed by atoms with Gasteiger partial charge in [0.05, 0.1) is 6.54 Å². The first-order valence-corrected chi connectivity index (χ1v) is 5.09. The van der Waals surface area contributed by atoms with E-state index in [2.05, 4.69) is 0 Å². The molecule has 0 radical (unpaired) electrons. The van der Waals surface area contributed by atoms with Crippen molar-refractivity contribution in [2.75, 3.05) is 6.54 Å². The molecule has 72 valence electrons. The summed E-state index contributed by atoms with van der Waals surface area (Å²) in [5, 5.41) is 1.96. The van der Waals surface area contributed by atoms with Crippen LogP contribution < -0.4 is 5.73 Å². The van der Waals surface area contributed by atoms with Gasteiger partial charge in [0.2, 0.25) is 0 Å². The van der Waals surface area contributed by atoms with E-state index < -0.39 is 6.03 Å². The number of benzene rings is 1. The first kappa shape index (κ1) is 9.15. The number of carbonyl (C=O) groups excluding carboxylic acids is 1. The Labute approximate surface area is 86.7 Å². The normalized spacial score (nSPS) is 15.4. The van der Waals surface area contributed by atoms with E-state index in [9.17, 15) is 4.79 Å². The molecule has 1 aromatic rings. The Kier molecular flexibility index (Phi) is 2.45. The number of urea groups is 1. The molecule has 0 saturated carbocycles. The van der Waals surface area contributed by atoms with Gasteiger partial charge < -0.3 is 5.73 Å². The topological polar surface area (TPSA) is 46.3 Å². The van der Waals surface area contributed by atoms with E-state index in [0.717, 1.165) is 11.1 Å². The van der Waals surface area contributed by atoms with Crippen molar-refractivity contribution in [3.05, 3.63) is 41.3 Å². The highest BCUT2D eigenvalue weighted by atomic mass is 32.2. The van der Waals surface area contributed by atoms with Gasteiger partial charge in [0.25, 0.3) is 0 Å². The molecule has 0 saturated heterocycles. The Morgan fingerprint density at radius 3 is 2.64 bits per heavy atom. The molecule has 0 spiro atoms. The van der Waals surface area contributed by atoms with Crippen LogP contribution in [0.2, 0.25) is 0 Å². The summed E-state index contributed by atoms with van der Waals surface area (Å²) in [5.74, 6) is 0. The lowest BCUT2D eigenvalue weighted by Gasteiger charge is -2.10. The molecule has 1 aliphatic rings. The average Bonchev–Trinajstić information content (AvgIpc) is 2.68. The second kappa shape index (κ2) is 3.75. The van der Waals surface area contributed by atoms with E-state index in [1.165, 1.54) is 16.3 Å². The third kappa shape index (κ3) is 1.75. The van der Waals surface area contributed by atoms with Crippen molar-refractivity contribution < 1.29 is 4.79 Å². The van der Waals surface area contributed by atoms with E-state index in [1.54, 1.807) is 0 Å². The van der Waals surface area contributed by atoms with Gasteiger partial charge in [-0.3, -0.25) is 4.31 Å². The van der Waals surface area contributed by atoms with E-state index >= 15 is 0 Å². The van der Waals surface area contributed by atoms with E-state index in [0.29, 0.717) is 6.54 Å². The second-order valence-corrected chi connectivity index (χ2v) is 3.88. The summed E-state index contributed by atoms with van der Waals surface area (Å²) in [7, 11) is 0. The molecule has 0 fully saturated rings. The first-order valence-electron chi connectivity index (χ1n) is 4.25. The molecule has 1 aromatic carbocycles. The van der Waals surface area contributed by atoms with E-state index in [-0.39, 0.29) is 0 Å². The van der Waals surface area contributed by atoms with Crippen molar-refractivity contribution in [3.8, 4) is 0 Å². The standard InChI is InChI=1S/C10H10N2OS/c11-10(13)12-6-9(7-14-12)8-4-2-1-3-5-8/h1-5,7H,6H2,(H2,11,13). The molecule has 0 aliphatic carbocycles. The monoisotopic (exact) mass is 206 g/mol. The van der Waals surface area contributed by atoms with Crippen molar-refractivity contribution in [3.63, 3.8) is 0 Å². The molecule has 14 heavy (non-hydrogen) atoms. The number of nitrogens with zero attached hydrogens (tertiary/aromatic N) is 1. The van der Waals surface area contributed by atoms with Crippen LogP contribution in [0.5, 0.6) is 0 Å². The molecule has 0 unspecified atom stereocenters. The zero-order valence-electron chi connectivity index (χ0n) is 7.51. The SMILES string of the molecule is NC(=O)N1CC(c2ccccc2)=CS1. The number of hydrogen-bond acceptors (Lipinski definition) is 2. The number of carbonyl (C=O) groups is 1. The number of amides is 2. The van der Waals surface area contributed by atoms with Crippen LogP contribution in [0.1, 0.15) is 5.56 Å². The Hall–Kier alpha value is -1.42. The number of primary amides is 1. The van der Waals surface area contributed by atoms with Gasteiger partial charge in [-0.15, -0.1) is 0 Å². The molecule has 0 bridgehead atoms. The minimum Gasteiger partial charge on any atom is -0.351 e. The molecule has 0 aromatic heterocycles. The van der Waals surface area contributed by atoms with Crippen LogP contribution in [0, 0.1) is 0 Å². The lowest BCUT2D eigenvalue weighted by atomic mass is 10.1. The van der Waals surface area contributed by atoms with Crippen LogP contribution in [0.4, 0.5) is 4.79 Å². The Balaban J connectivity index is 2.13. The highest BCUT2D eigenvalue weighted by molar-refractivity contribution is 8.00. The van der Waals surface area contributed by atoms with Crippen LogP contribution in [-0.4, -0.2) is 16.9 Å². The lowest BCUT2D eigenvalue weighted by molar-refractivity contribution is 0.238. The van der Waals surface area contributed by atoms with Gasteiger partial charge in [0, 0.05) is 0 Å². The smallest absolute Gasteiger partial charge is 0.325 e. The molecule has 1 heterocycles. The van der Waals surface area contributed by atoms with Crippen LogP contribution in [0.15, 0.2) is 35.7 Å². The maximum atomic E-state index is 10.9. The number of nitrogens with two attached hydrogens (primary N) is 1. The van der Waals surface area contributed by atoms with Crippen LogP contribution in [-0.2, 0) is 0 Å². The fourth-order valence-electron chi connectivity index (χ4n) is 1.30. The highest BCUT2D eigenvalue weighted by Gasteiger charge is 2.18. The summed E-state index contributed by atoms with van der Waals surface area (Å²) >= 11 is 1.35. The first-order chi connectivity index (χ1) is 6.77. The molecule has 3 nitrogen and oxygen atoms in total. The molecule has 4 heteroatoms. The van der Waals surface area contributed by atoms with Crippen molar-refractivity contribution in [2.45, 2.75) is 0 Å². The van der Waals surface area contributed by atoms with Gasteiger partial charge in [-0.05, 0) is 28.5 Å². The van der Waals surface area contributed by atoms with Gasteiger partial charge in [-0.1, -0.05) is 30.3 Å². The maximum absolute atomic E-state index is 10.9. The van der Waals surface area contributed by atoms with Gasteiger partial charge in [-0.25, -0.2) is 4.79 Å². The van der Waals surface area contributed by atoms with Gasteiger partial charge in [-0.2, -0.15) is 0 Å². The van der Waals surface area contributed by atoms with Crippen LogP contribution in [0.3, 0.4) is 0 Å². The predicted molar refractivity (Wildman–Crippen MR) is 58.3 cm³/mol. The van der Waals surface area contributed by atoms with Crippen LogP contribution >= 0.6 is 11.9 Å². The second-order valence-electron chi connectivity index (χ2n) is 2.99. The summed E-state index contributed by atoms with van der Waals surface area (Å²) in [4.78, 5) is 10.9. The van der Waals surface area contributed by atoms with Crippen molar-refractivity contribution in [1.82, 2.24) is 4.31 Å². The fraction of sp³-hybridized carbons (Fsp3) is 0.100. The summed E-state index contributed by atoms with van der Waals surface area (Å²) in [6, 6.07) is 9.59. The summed E-state index contributed by atoms with van der Waals surface area (Å²) in [5.41, 5.74) is 7.45. The van der Waals surface area contributed by atoms with E-state index in [1.807, 2.05) is 35.7 Å².